The van der Waals surface area contributed by atoms with Gasteiger partial charge >= 0.3 is 0 Å². The molecule has 114 valence electrons. The summed E-state index contributed by atoms with van der Waals surface area (Å²) in [4.78, 5) is 24.3. The molecule has 2 rings (SSSR count). The lowest BCUT2D eigenvalue weighted by molar-refractivity contribution is -0.384. The van der Waals surface area contributed by atoms with Crippen LogP contribution in [0.2, 0.25) is 0 Å². The Labute approximate surface area is 127 Å². The molecule has 1 aromatic carbocycles. The van der Waals surface area contributed by atoms with Crippen LogP contribution in [0.5, 0.6) is 0 Å². The Kier molecular flexibility index (Phi) is 4.49. The van der Waals surface area contributed by atoms with E-state index in [9.17, 15) is 14.9 Å². The number of non-ortho nitro benzene ring substituents is 1. The second-order valence-electron chi connectivity index (χ2n) is 5.64. The van der Waals surface area contributed by atoms with Crippen LogP contribution < -0.4 is 0 Å². The number of carbonyl (C=O) groups is 1. The van der Waals surface area contributed by atoms with Crippen molar-refractivity contribution in [2.24, 2.45) is 0 Å². The number of nitro benzene ring substituents is 1. The zero-order valence-electron chi connectivity index (χ0n) is 11.9. The van der Waals surface area contributed by atoms with E-state index in [4.69, 9.17) is 16.3 Å². The SMILES string of the molecule is CC1(C)CN(C(=O)c2ccc([N+](=O)[O-])cc2)CC(CCl)O1. The molecule has 0 saturated carbocycles. The molecule has 1 aliphatic rings. The molecule has 0 aromatic heterocycles. The first-order valence-electron chi connectivity index (χ1n) is 6.60. The number of hydrogen-bond donors (Lipinski definition) is 0. The van der Waals surface area contributed by atoms with Crippen molar-refractivity contribution in [3.8, 4) is 0 Å². The highest BCUT2D eigenvalue weighted by atomic mass is 35.5. The van der Waals surface area contributed by atoms with Crippen molar-refractivity contribution >= 4 is 23.2 Å². The molecular formula is C14H17ClN2O4. The van der Waals surface area contributed by atoms with Crippen molar-refractivity contribution in [1.29, 1.82) is 0 Å². The van der Waals surface area contributed by atoms with Gasteiger partial charge in [0.05, 0.1) is 22.5 Å². The van der Waals surface area contributed by atoms with Crippen LogP contribution in [-0.4, -0.2) is 46.4 Å². The van der Waals surface area contributed by atoms with Gasteiger partial charge in [0.25, 0.3) is 11.6 Å². The van der Waals surface area contributed by atoms with Crippen LogP contribution in [0.25, 0.3) is 0 Å². The van der Waals surface area contributed by atoms with Gasteiger partial charge in [-0.1, -0.05) is 0 Å². The van der Waals surface area contributed by atoms with Crippen LogP contribution in [0.1, 0.15) is 24.2 Å². The fourth-order valence-corrected chi connectivity index (χ4v) is 2.60. The lowest BCUT2D eigenvalue weighted by Gasteiger charge is -2.42. The van der Waals surface area contributed by atoms with Crippen LogP contribution in [0.3, 0.4) is 0 Å². The number of benzene rings is 1. The Bertz CT molecular complexity index is 544. The van der Waals surface area contributed by atoms with Gasteiger partial charge in [-0.15, -0.1) is 11.6 Å². The van der Waals surface area contributed by atoms with Crippen LogP contribution in [0.15, 0.2) is 24.3 Å². The summed E-state index contributed by atoms with van der Waals surface area (Å²) in [6.07, 6.45) is -0.211. The number of amides is 1. The number of nitro groups is 1. The maximum absolute atomic E-state index is 12.5. The summed E-state index contributed by atoms with van der Waals surface area (Å²) >= 11 is 5.84. The lowest BCUT2D eigenvalue weighted by Crippen LogP contribution is -2.55. The Morgan fingerprint density at radius 3 is 2.62 bits per heavy atom. The summed E-state index contributed by atoms with van der Waals surface area (Å²) in [5.74, 6) is 0.143. The maximum Gasteiger partial charge on any atom is 0.269 e. The van der Waals surface area contributed by atoms with Crippen molar-refractivity contribution in [2.75, 3.05) is 19.0 Å². The zero-order chi connectivity index (χ0) is 15.6. The minimum atomic E-state index is -0.490. The van der Waals surface area contributed by atoms with Gasteiger partial charge < -0.3 is 9.64 Å². The fourth-order valence-electron chi connectivity index (χ4n) is 2.44. The number of hydrogen-bond acceptors (Lipinski definition) is 4. The monoisotopic (exact) mass is 312 g/mol. The van der Waals surface area contributed by atoms with Gasteiger partial charge in [-0.05, 0) is 26.0 Å². The first kappa shape index (κ1) is 15.7. The molecule has 6 nitrogen and oxygen atoms in total. The quantitative estimate of drug-likeness (QED) is 0.488. The molecule has 21 heavy (non-hydrogen) atoms. The topological polar surface area (TPSA) is 72.7 Å². The number of nitrogens with zero attached hydrogens (tertiary/aromatic N) is 2. The van der Waals surface area contributed by atoms with E-state index in [-0.39, 0.29) is 17.7 Å². The van der Waals surface area contributed by atoms with Crippen LogP contribution in [0, 0.1) is 10.1 Å². The molecule has 1 aliphatic heterocycles. The minimum Gasteiger partial charge on any atom is -0.367 e. The number of ether oxygens (including phenoxy) is 1. The second kappa shape index (κ2) is 5.99. The van der Waals surface area contributed by atoms with Gasteiger partial charge in [-0.25, -0.2) is 0 Å². The van der Waals surface area contributed by atoms with Gasteiger partial charge in [0.1, 0.15) is 0 Å². The molecule has 1 atom stereocenters. The molecule has 7 heteroatoms. The Balaban J connectivity index is 2.16. The van der Waals surface area contributed by atoms with Crippen LogP contribution in [0.4, 0.5) is 5.69 Å². The van der Waals surface area contributed by atoms with E-state index in [0.717, 1.165) is 0 Å². The molecule has 1 amide bonds. The standard InChI is InChI=1S/C14H17ClN2O4/c1-14(2)9-16(8-12(7-15)21-14)13(18)10-3-5-11(6-4-10)17(19)20/h3-6,12H,7-9H2,1-2H3. The van der Waals surface area contributed by atoms with E-state index in [1.807, 2.05) is 13.8 Å². The van der Waals surface area contributed by atoms with Crippen molar-refractivity contribution in [3.63, 3.8) is 0 Å². The molecule has 0 radical (unpaired) electrons. The van der Waals surface area contributed by atoms with Crippen molar-refractivity contribution < 1.29 is 14.5 Å². The Morgan fingerprint density at radius 1 is 1.48 bits per heavy atom. The molecule has 0 bridgehead atoms. The summed E-state index contributed by atoms with van der Waals surface area (Å²) in [7, 11) is 0. The molecule has 0 spiro atoms. The molecule has 1 aromatic rings. The summed E-state index contributed by atoms with van der Waals surface area (Å²) in [5, 5.41) is 10.6. The van der Waals surface area contributed by atoms with Gasteiger partial charge in [-0.2, -0.15) is 0 Å². The summed E-state index contributed by atoms with van der Waals surface area (Å²) in [6.45, 7) is 4.68. The zero-order valence-corrected chi connectivity index (χ0v) is 12.7. The highest BCUT2D eigenvalue weighted by Gasteiger charge is 2.35. The smallest absolute Gasteiger partial charge is 0.269 e. The van der Waals surface area contributed by atoms with Crippen molar-refractivity contribution in [3.05, 3.63) is 39.9 Å². The summed E-state index contributed by atoms with van der Waals surface area (Å²) < 4.78 is 5.77. The normalized spacial score (nSPS) is 21.1. The fraction of sp³-hybridized carbons (Fsp3) is 0.500. The van der Waals surface area contributed by atoms with Crippen molar-refractivity contribution in [2.45, 2.75) is 25.6 Å². The minimum absolute atomic E-state index is 0.0347. The molecule has 1 heterocycles. The molecule has 1 saturated heterocycles. The first-order chi connectivity index (χ1) is 9.82. The third kappa shape index (κ3) is 3.71. The number of alkyl halides is 1. The van der Waals surface area contributed by atoms with Gasteiger partial charge in [0.15, 0.2) is 0 Å². The van der Waals surface area contributed by atoms with E-state index >= 15 is 0 Å². The molecule has 0 aliphatic carbocycles. The number of carbonyl (C=O) groups excluding carboxylic acids is 1. The predicted octanol–water partition coefficient (Wildman–Crippen LogP) is 2.45. The third-order valence-corrected chi connectivity index (χ3v) is 3.61. The predicted molar refractivity (Wildman–Crippen MR) is 78.7 cm³/mol. The number of rotatable bonds is 3. The van der Waals surface area contributed by atoms with E-state index < -0.39 is 10.5 Å². The van der Waals surface area contributed by atoms with Crippen LogP contribution >= 0.6 is 11.6 Å². The van der Waals surface area contributed by atoms with Crippen molar-refractivity contribution in [1.82, 2.24) is 4.90 Å². The average Bonchev–Trinajstić information content (AvgIpc) is 2.44. The molecule has 0 N–H and O–H groups in total. The largest absolute Gasteiger partial charge is 0.367 e. The number of morpholine rings is 1. The first-order valence-corrected chi connectivity index (χ1v) is 7.13. The Hall–Kier alpha value is -1.66. The van der Waals surface area contributed by atoms with E-state index in [0.29, 0.717) is 24.5 Å². The Morgan fingerprint density at radius 2 is 2.10 bits per heavy atom. The molecule has 1 fully saturated rings. The molecule has 1 unspecified atom stereocenters. The average molecular weight is 313 g/mol. The van der Waals surface area contributed by atoms with Gasteiger partial charge in [0, 0.05) is 30.8 Å². The maximum atomic E-state index is 12.5. The summed E-state index contributed by atoms with van der Waals surface area (Å²) in [5.41, 5.74) is -0.0760. The third-order valence-electron chi connectivity index (χ3n) is 3.27. The van der Waals surface area contributed by atoms with Gasteiger partial charge in [0.2, 0.25) is 0 Å². The summed E-state index contributed by atoms with van der Waals surface area (Å²) in [6, 6.07) is 5.60. The van der Waals surface area contributed by atoms with E-state index in [1.165, 1.54) is 24.3 Å². The van der Waals surface area contributed by atoms with Crippen LogP contribution in [-0.2, 0) is 4.74 Å². The second-order valence-corrected chi connectivity index (χ2v) is 5.95. The van der Waals surface area contributed by atoms with E-state index in [1.54, 1.807) is 4.90 Å². The highest BCUT2D eigenvalue weighted by Crippen LogP contribution is 2.23. The highest BCUT2D eigenvalue weighted by molar-refractivity contribution is 6.18. The number of halogens is 1. The van der Waals surface area contributed by atoms with E-state index in [2.05, 4.69) is 0 Å². The van der Waals surface area contributed by atoms with Gasteiger partial charge in [-0.3, -0.25) is 14.9 Å². The lowest BCUT2D eigenvalue weighted by atomic mass is 10.0. The molecular weight excluding hydrogens is 296 g/mol.